The molecule has 0 N–H and O–H groups in total. The van der Waals surface area contributed by atoms with Crippen molar-refractivity contribution in [3.8, 4) is 0 Å². The van der Waals surface area contributed by atoms with Crippen LogP contribution in [0.25, 0.3) is 0 Å². The molecule has 0 aliphatic rings. The number of esters is 2. The van der Waals surface area contributed by atoms with Gasteiger partial charge < -0.3 is 14.2 Å². The Labute approximate surface area is 389 Å². The first-order valence-electron chi connectivity index (χ1n) is 28.6. The van der Waals surface area contributed by atoms with Crippen LogP contribution in [0.2, 0.25) is 0 Å². The van der Waals surface area contributed by atoms with Crippen molar-refractivity contribution in [1.29, 1.82) is 0 Å². The van der Waals surface area contributed by atoms with Gasteiger partial charge in [0.25, 0.3) is 0 Å². The fourth-order valence-corrected chi connectivity index (χ4v) is 8.87. The van der Waals surface area contributed by atoms with E-state index in [-0.39, 0.29) is 18.5 Å². The molecule has 0 spiro atoms. The van der Waals surface area contributed by atoms with E-state index in [0.29, 0.717) is 26.1 Å². The van der Waals surface area contributed by atoms with Gasteiger partial charge in [-0.1, -0.05) is 297 Å². The highest BCUT2D eigenvalue weighted by atomic mass is 16.6. The Balaban J connectivity index is 4.18. The van der Waals surface area contributed by atoms with Gasteiger partial charge in [0.15, 0.2) is 6.10 Å². The minimum atomic E-state index is -0.523. The molecular formula is C57H112O5. The second-order valence-electron chi connectivity index (χ2n) is 19.6. The second-order valence-corrected chi connectivity index (χ2v) is 19.6. The zero-order valence-corrected chi connectivity index (χ0v) is 42.7. The van der Waals surface area contributed by atoms with Crippen LogP contribution in [0.3, 0.4) is 0 Å². The number of carbonyl (C=O) groups excluding carboxylic acids is 2. The Morgan fingerprint density at radius 3 is 0.823 bits per heavy atom. The number of rotatable bonds is 54. The molecule has 1 unspecified atom stereocenters. The van der Waals surface area contributed by atoms with E-state index < -0.39 is 6.10 Å². The van der Waals surface area contributed by atoms with Gasteiger partial charge in [-0.25, -0.2) is 0 Å². The molecule has 0 aliphatic heterocycles. The third-order valence-electron chi connectivity index (χ3n) is 13.1. The Bertz CT molecular complexity index is 860. The molecule has 0 aromatic carbocycles. The summed E-state index contributed by atoms with van der Waals surface area (Å²) in [5.74, 6) is -0.366. The van der Waals surface area contributed by atoms with E-state index in [1.165, 1.54) is 263 Å². The summed E-state index contributed by atoms with van der Waals surface area (Å²) in [6, 6.07) is 0. The fourth-order valence-electron chi connectivity index (χ4n) is 8.87. The maximum atomic E-state index is 12.8. The maximum absolute atomic E-state index is 12.8. The number of carbonyl (C=O) groups is 2. The Kier molecular flexibility index (Phi) is 53.3. The van der Waals surface area contributed by atoms with Gasteiger partial charge >= 0.3 is 11.9 Å². The average Bonchev–Trinajstić information content (AvgIpc) is 3.27. The predicted molar refractivity (Wildman–Crippen MR) is 270 cm³/mol. The smallest absolute Gasteiger partial charge is 0.306 e. The molecule has 0 fully saturated rings. The quantitative estimate of drug-likeness (QED) is 0.0450. The lowest BCUT2D eigenvalue weighted by Crippen LogP contribution is -2.30. The second kappa shape index (κ2) is 54.2. The van der Waals surface area contributed by atoms with Gasteiger partial charge in [0.2, 0.25) is 0 Å². The van der Waals surface area contributed by atoms with E-state index in [0.717, 1.165) is 32.1 Å². The first-order chi connectivity index (χ1) is 30.6. The van der Waals surface area contributed by atoms with E-state index in [1.54, 1.807) is 0 Å². The first-order valence-corrected chi connectivity index (χ1v) is 28.6. The molecule has 0 rings (SSSR count). The molecule has 0 bridgehead atoms. The van der Waals surface area contributed by atoms with Crippen molar-refractivity contribution < 1.29 is 23.8 Å². The van der Waals surface area contributed by atoms with E-state index in [2.05, 4.69) is 20.8 Å². The lowest BCUT2D eigenvalue weighted by atomic mass is 10.0. The van der Waals surface area contributed by atoms with Crippen LogP contribution in [0, 0.1) is 0 Å². The van der Waals surface area contributed by atoms with Crippen molar-refractivity contribution in [2.24, 2.45) is 0 Å². The molecule has 0 aromatic heterocycles. The van der Waals surface area contributed by atoms with Crippen molar-refractivity contribution in [2.75, 3.05) is 19.8 Å². The summed E-state index contributed by atoms with van der Waals surface area (Å²) in [6.07, 6.45) is 61.1. The summed E-state index contributed by atoms with van der Waals surface area (Å²) in [5, 5.41) is 0. The van der Waals surface area contributed by atoms with Crippen LogP contribution in [-0.4, -0.2) is 37.9 Å². The largest absolute Gasteiger partial charge is 0.462 e. The monoisotopic (exact) mass is 877 g/mol. The van der Waals surface area contributed by atoms with Crippen molar-refractivity contribution in [1.82, 2.24) is 0 Å². The van der Waals surface area contributed by atoms with Crippen molar-refractivity contribution >= 4 is 11.9 Å². The Hall–Kier alpha value is -1.10. The normalized spacial score (nSPS) is 12.0. The first kappa shape index (κ1) is 60.9. The highest BCUT2D eigenvalue weighted by Gasteiger charge is 2.17. The van der Waals surface area contributed by atoms with Crippen LogP contribution in [0.5, 0.6) is 0 Å². The summed E-state index contributed by atoms with van der Waals surface area (Å²) >= 11 is 0. The molecule has 0 aromatic rings. The molecule has 0 amide bonds. The fraction of sp³-hybridized carbons (Fsp3) is 0.965. The van der Waals surface area contributed by atoms with Gasteiger partial charge in [-0.3, -0.25) is 9.59 Å². The summed E-state index contributed by atoms with van der Waals surface area (Å²) in [6.45, 7) is 7.92. The third kappa shape index (κ3) is 51.5. The van der Waals surface area contributed by atoms with Gasteiger partial charge in [0.1, 0.15) is 6.61 Å². The van der Waals surface area contributed by atoms with Crippen LogP contribution in [0.15, 0.2) is 0 Å². The SMILES string of the molecule is CCCCCCCCCCCCCCCCCCOCC(COC(=O)CCCCCCCCCCCCCCCCC)OC(=O)CCCCCCCCCCCCCCCCC. The van der Waals surface area contributed by atoms with Crippen LogP contribution >= 0.6 is 0 Å². The Morgan fingerprint density at radius 1 is 0.290 bits per heavy atom. The summed E-state index contributed by atoms with van der Waals surface area (Å²) < 4.78 is 17.5. The lowest BCUT2D eigenvalue weighted by Gasteiger charge is -2.18. The van der Waals surface area contributed by atoms with Crippen LogP contribution in [-0.2, 0) is 23.8 Å². The maximum Gasteiger partial charge on any atom is 0.306 e. The van der Waals surface area contributed by atoms with Crippen LogP contribution in [0.4, 0.5) is 0 Å². The lowest BCUT2D eigenvalue weighted by molar-refractivity contribution is -0.163. The molecular weight excluding hydrogens is 765 g/mol. The van der Waals surface area contributed by atoms with Crippen molar-refractivity contribution in [3.63, 3.8) is 0 Å². The van der Waals surface area contributed by atoms with Crippen LogP contribution < -0.4 is 0 Å². The van der Waals surface area contributed by atoms with E-state index in [9.17, 15) is 9.59 Å². The number of unbranched alkanes of at least 4 members (excludes halogenated alkanes) is 43. The van der Waals surface area contributed by atoms with Gasteiger partial charge in [-0.2, -0.15) is 0 Å². The molecule has 5 nitrogen and oxygen atoms in total. The van der Waals surface area contributed by atoms with E-state index >= 15 is 0 Å². The topological polar surface area (TPSA) is 61.8 Å². The summed E-state index contributed by atoms with van der Waals surface area (Å²) in [4.78, 5) is 25.5. The van der Waals surface area contributed by atoms with Gasteiger partial charge in [-0.05, 0) is 19.3 Å². The molecule has 0 radical (unpaired) electrons. The van der Waals surface area contributed by atoms with Gasteiger partial charge in [-0.15, -0.1) is 0 Å². The molecule has 62 heavy (non-hydrogen) atoms. The number of ether oxygens (including phenoxy) is 3. The zero-order chi connectivity index (χ0) is 44.9. The van der Waals surface area contributed by atoms with Crippen molar-refractivity contribution in [3.05, 3.63) is 0 Å². The zero-order valence-electron chi connectivity index (χ0n) is 42.7. The number of hydrogen-bond acceptors (Lipinski definition) is 5. The molecule has 0 heterocycles. The minimum Gasteiger partial charge on any atom is -0.462 e. The van der Waals surface area contributed by atoms with Gasteiger partial charge in [0, 0.05) is 19.4 Å². The summed E-state index contributed by atoms with van der Waals surface area (Å²) in [5.41, 5.74) is 0. The van der Waals surface area contributed by atoms with Gasteiger partial charge in [0.05, 0.1) is 6.61 Å². The molecule has 1 atom stereocenters. The molecule has 370 valence electrons. The minimum absolute atomic E-state index is 0.0983. The van der Waals surface area contributed by atoms with Crippen LogP contribution in [0.1, 0.15) is 329 Å². The average molecular weight is 878 g/mol. The van der Waals surface area contributed by atoms with E-state index in [1.807, 2.05) is 0 Å². The third-order valence-corrected chi connectivity index (χ3v) is 13.1. The van der Waals surface area contributed by atoms with E-state index in [4.69, 9.17) is 14.2 Å². The highest BCUT2D eigenvalue weighted by molar-refractivity contribution is 5.70. The summed E-state index contributed by atoms with van der Waals surface area (Å²) in [7, 11) is 0. The van der Waals surface area contributed by atoms with Crippen molar-refractivity contribution in [2.45, 2.75) is 335 Å². The molecule has 0 saturated heterocycles. The Morgan fingerprint density at radius 2 is 0.532 bits per heavy atom. The predicted octanol–water partition coefficient (Wildman–Crippen LogP) is 19.2. The highest BCUT2D eigenvalue weighted by Crippen LogP contribution is 2.17. The standard InChI is InChI=1S/C57H112O5/c1-4-7-10-13-16-19-22-25-28-31-34-37-40-43-46-49-52-60-53-55(62-57(59)51-48-45-42-39-36-33-30-27-24-21-18-15-12-9-6-3)54-61-56(58)50-47-44-41-38-35-32-29-26-23-20-17-14-11-8-5-2/h55H,4-54H2,1-3H3. The number of hydrogen-bond donors (Lipinski definition) is 0. The molecule has 0 aliphatic carbocycles. The molecule has 5 heteroatoms. The molecule has 0 saturated carbocycles.